The minimum absolute atomic E-state index is 0.272. The highest BCUT2D eigenvalue weighted by molar-refractivity contribution is 6.08. The first kappa shape index (κ1) is 22.4. The van der Waals surface area contributed by atoms with Gasteiger partial charge in [-0.25, -0.2) is 0 Å². The van der Waals surface area contributed by atoms with Gasteiger partial charge in [0.1, 0.15) is 23.7 Å². The van der Waals surface area contributed by atoms with Crippen molar-refractivity contribution in [1.82, 2.24) is 4.90 Å². The number of ether oxygens (including phenoxy) is 4. The molecular weight excluding hydrogens is 372 g/mol. The van der Waals surface area contributed by atoms with Crippen molar-refractivity contribution in [3.8, 4) is 23.0 Å². The topological polar surface area (TPSA) is 69.3 Å². The largest absolute Gasteiger partial charge is 0.496 e. The Labute approximate surface area is 172 Å². The zero-order chi connectivity index (χ0) is 21.2. The molecule has 0 fully saturated rings. The number of benzene rings is 2. The van der Waals surface area contributed by atoms with Crippen LogP contribution in [-0.4, -0.2) is 58.4 Å². The van der Waals surface area contributed by atoms with Gasteiger partial charge in [-0.3, -0.25) is 4.79 Å². The van der Waals surface area contributed by atoms with Crippen LogP contribution in [0.2, 0.25) is 0 Å². The Kier molecular flexibility index (Phi) is 8.61. The highest BCUT2D eigenvalue weighted by Gasteiger charge is 2.22. The molecule has 0 atom stereocenters. The van der Waals surface area contributed by atoms with Crippen LogP contribution in [0.25, 0.3) is 0 Å². The molecule has 1 amide bonds. The highest BCUT2D eigenvalue weighted by atomic mass is 16.5. The van der Waals surface area contributed by atoms with E-state index in [2.05, 4.69) is 24.1 Å². The van der Waals surface area contributed by atoms with Crippen LogP contribution >= 0.6 is 0 Å². The van der Waals surface area contributed by atoms with Crippen LogP contribution in [0.4, 0.5) is 5.69 Å². The SMILES string of the molecule is CCN(CC)CCOc1ccc(NC(=O)c2c(OC)ccc(OC)c2OC)cc1. The van der Waals surface area contributed by atoms with Gasteiger partial charge >= 0.3 is 0 Å². The summed E-state index contributed by atoms with van der Waals surface area (Å²) in [7, 11) is 4.51. The van der Waals surface area contributed by atoms with E-state index in [1.54, 1.807) is 24.3 Å². The van der Waals surface area contributed by atoms with Crippen LogP contribution in [0.3, 0.4) is 0 Å². The second-order valence-electron chi connectivity index (χ2n) is 6.23. The lowest BCUT2D eigenvalue weighted by Crippen LogP contribution is -2.27. The number of amides is 1. The van der Waals surface area contributed by atoms with Gasteiger partial charge < -0.3 is 29.2 Å². The monoisotopic (exact) mass is 402 g/mol. The Morgan fingerprint density at radius 1 is 0.897 bits per heavy atom. The van der Waals surface area contributed by atoms with Crippen LogP contribution in [0.15, 0.2) is 36.4 Å². The number of carbonyl (C=O) groups is 1. The summed E-state index contributed by atoms with van der Waals surface area (Å²) in [4.78, 5) is 15.2. The fraction of sp³-hybridized carbons (Fsp3) is 0.409. The van der Waals surface area contributed by atoms with E-state index >= 15 is 0 Å². The summed E-state index contributed by atoms with van der Waals surface area (Å²) in [6.07, 6.45) is 0. The number of nitrogens with one attached hydrogen (secondary N) is 1. The van der Waals surface area contributed by atoms with Crippen molar-refractivity contribution in [2.75, 3.05) is 52.9 Å². The number of nitrogens with zero attached hydrogens (tertiary/aromatic N) is 1. The van der Waals surface area contributed by atoms with Crippen molar-refractivity contribution in [1.29, 1.82) is 0 Å². The summed E-state index contributed by atoms with van der Waals surface area (Å²) < 4.78 is 21.8. The number of carbonyl (C=O) groups excluding carboxylic acids is 1. The summed E-state index contributed by atoms with van der Waals surface area (Å²) in [6.45, 7) is 7.76. The van der Waals surface area contributed by atoms with Crippen molar-refractivity contribution in [2.24, 2.45) is 0 Å². The molecule has 0 radical (unpaired) electrons. The van der Waals surface area contributed by atoms with Gasteiger partial charge in [-0.1, -0.05) is 13.8 Å². The lowest BCUT2D eigenvalue weighted by Gasteiger charge is -2.18. The normalized spacial score (nSPS) is 10.6. The quantitative estimate of drug-likeness (QED) is 0.618. The van der Waals surface area contributed by atoms with Crippen molar-refractivity contribution in [2.45, 2.75) is 13.8 Å². The Morgan fingerprint density at radius 3 is 2.07 bits per heavy atom. The third-order valence-electron chi connectivity index (χ3n) is 4.64. The van der Waals surface area contributed by atoms with Crippen LogP contribution in [0, 0.1) is 0 Å². The Balaban J connectivity index is 2.08. The summed E-state index contributed by atoms with van der Waals surface area (Å²) >= 11 is 0. The van der Waals surface area contributed by atoms with Gasteiger partial charge in [-0.15, -0.1) is 0 Å². The Hall–Kier alpha value is -2.93. The van der Waals surface area contributed by atoms with E-state index in [0.717, 1.165) is 25.4 Å². The third kappa shape index (κ3) is 5.77. The number of hydrogen-bond acceptors (Lipinski definition) is 6. The molecule has 7 heteroatoms. The minimum Gasteiger partial charge on any atom is -0.496 e. The van der Waals surface area contributed by atoms with Gasteiger partial charge in [-0.2, -0.15) is 0 Å². The predicted octanol–water partition coefficient (Wildman–Crippen LogP) is 3.69. The van der Waals surface area contributed by atoms with Crippen molar-refractivity contribution in [3.05, 3.63) is 42.0 Å². The molecule has 7 nitrogen and oxygen atoms in total. The molecule has 0 bridgehead atoms. The smallest absolute Gasteiger partial charge is 0.263 e. The molecule has 0 saturated heterocycles. The summed E-state index contributed by atoms with van der Waals surface area (Å²) in [5.74, 6) is 1.58. The fourth-order valence-electron chi connectivity index (χ4n) is 2.95. The number of likely N-dealkylation sites (N-methyl/N-ethyl adjacent to an activating group) is 1. The number of methoxy groups -OCH3 is 3. The summed E-state index contributed by atoms with van der Waals surface area (Å²) in [6, 6.07) is 10.6. The van der Waals surface area contributed by atoms with Crippen LogP contribution < -0.4 is 24.3 Å². The molecule has 158 valence electrons. The molecule has 0 saturated carbocycles. The van der Waals surface area contributed by atoms with Gasteiger partial charge in [0.25, 0.3) is 5.91 Å². The zero-order valence-corrected chi connectivity index (χ0v) is 17.8. The first-order valence-corrected chi connectivity index (χ1v) is 9.63. The van der Waals surface area contributed by atoms with Crippen molar-refractivity contribution in [3.63, 3.8) is 0 Å². The lowest BCUT2D eigenvalue weighted by molar-refractivity contribution is 0.102. The second-order valence-corrected chi connectivity index (χ2v) is 6.23. The average Bonchev–Trinajstić information content (AvgIpc) is 2.76. The number of anilines is 1. The van der Waals surface area contributed by atoms with Crippen molar-refractivity contribution < 1.29 is 23.7 Å². The highest BCUT2D eigenvalue weighted by Crippen LogP contribution is 2.37. The second kappa shape index (κ2) is 11.2. The summed E-state index contributed by atoms with van der Waals surface area (Å²) in [5.41, 5.74) is 0.909. The van der Waals surface area contributed by atoms with Crippen LogP contribution in [0.1, 0.15) is 24.2 Å². The van der Waals surface area contributed by atoms with E-state index in [4.69, 9.17) is 18.9 Å². The molecule has 2 rings (SSSR count). The molecule has 1 N–H and O–H groups in total. The van der Waals surface area contributed by atoms with E-state index in [1.807, 2.05) is 12.1 Å². The Morgan fingerprint density at radius 2 is 1.52 bits per heavy atom. The molecule has 0 aromatic heterocycles. The first-order valence-electron chi connectivity index (χ1n) is 9.63. The minimum atomic E-state index is -0.354. The van der Waals surface area contributed by atoms with Gasteiger partial charge in [-0.05, 0) is 49.5 Å². The maximum absolute atomic E-state index is 12.9. The summed E-state index contributed by atoms with van der Waals surface area (Å²) in [5, 5.41) is 2.86. The molecule has 0 aliphatic heterocycles. The molecule has 29 heavy (non-hydrogen) atoms. The van der Waals surface area contributed by atoms with Crippen molar-refractivity contribution >= 4 is 11.6 Å². The molecule has 0 heterocycles. The molecule has 2 aromatic rings. The fourth-order valence-corrected chi connectivity index (χ4v) is 2.95. The molecule has 2 aromatic carbocycles. The van der Waals surface area contributed by atoms with Crippen LogP contribution in [-0.2, 0) is 0 Å². The maximum Gasteiger partial charge on any atom is 0.263 e. The molecule has 0 aliphatic carbocycles. The molecule has 0 aliphatic rings. The standard InChI is InChI=1S/C22H30N2O5/c1-6-24(7-2)14-15-29-17-10-8-16(9-11-17)23-22(25)20-18(26-3)12-13-19(27-4)21(20)28-5/h8-13H,6-7,14-15H2,1-5H3,(H,23,25). The number of hydrogen-bond donors (Lipinski definition) is 1. The lowest BCUT2D eigenvalue weighted by atomic mass is 10.1. The van der Waals surface area contributed by atoms with E-state index < -0.39 is 0 Å². The van der Waals surface area contributed by atoms with E-state index in [9.17, 15) is 4.79 Å². The van der Waals surface area contributed by atoms with Gasteiger partial charge in [0.15, 0.2) is 11.5 Å². The molecule has 0 spiro atoms. The van der Waals surface area contributed by atoms with Gasteiger partial charge in [0.05, 0.1) is 21.3 Å². The Bertz CT molecular complexity index is 789. The van der Waals surface area contributed by atoms with E-state index in [0.29, 0.717) is 29.5 Å². The molecular formula is C22H30N2O5. The maximum atomic E-state index is 12.9. The van der Waals surface area contributed by atoms with Crippen LogP contribution in [0.5, 0.6) is 23.0 Å². The van der Waals surface area contributed by atoms with Gasteiger partial charge in [0.2, 0.25) is 0 Å². The molecule has 0 unspecified atom stereocenters. The zero-order valence-electron chi connectivity index (χ0n) is 17.8. The van der Waals surface area contributed by atoms with E-state index in [1.165, 1.54) is 21.3 Å². The third-order valence-corrected chi connectivity index (χ3v) is 4.64. The number of rotatable bonds is 11. The van der Waals surface area contributed by atoms with Gasteiger partial charge in [0, 0.05) is 12.2 Å². The van der Waals surface area contributed by atoms with E-state index in [-0.39, 0.29) is 11.5 Å². The first-order chi connectivity index (χ1) is 14.1. The average molecular weight is 402 g/mol. The predicted molar refractivity (Wildman–Crippen MR) is 114 cm³/mol.